The molecule has 2 aromatic carbocycles. The Balaban J connectivity index is 1.99. The van der Waals surface area contributed by atoms with Gasteiger partial charge in [0.05, 0.1) is 0 Å². The van der Waals surface area contributed by atoms with Gasteiger partial charge < -0.3 is 5.32 Å². The van der Waals surface area contributed by atoms with Gasteiger partial charge in [0, 0.05) is 6.04 Å². The average Bonchev–Trinajstić information content (AvgIpc) is 2.47. The molecule has 0 bridgehead atoms. The molecule has 112 valence electrons. The van der Waals surface area contributed by atoms with Crippen molar-refractivity contribution in [3.05, 3.63) is 70.5 Å². The average molecular weight is 285 g/mol. The maximum Gasteiger partial charge on any atom is 0.123 e. The zero-order valence-electron chi connectivity index (χ0n) is 13.1. The Morgan fingerprint density at radius 2 is 1.76 bits per heavy atom. The first-order chi connectivity index (χ1) is 10.1. The first kappa shape index (κ1) is 15.7. The van der Waals surface area contributed by atoms with Crippen molar-refractivity contribution in [3.8, 4) is 0 Å². The Morgan fingerprint density at radius 3 is 2.43 bits per heavy atom. The Kier molecular flexibility index (Phi) is 5.51. The number of rotatable bonds is 6. The molecule has 21 heavy (non-hydrogen) atoms. The summed E-state index contributed by atoms with van der Waals surface area (Å²) in [6.07, 6.45) is 3.09. The van der Waals surface area contributed by atoms with Gasteiger partial charge in [-0.3, -0.25) is 0 Å². The number of likely N-dealkylation sites (N-methyl/N-ethyl adjacent to an activating group) is 1. The molecule has 1 atom stereocenters. The van der Waals surface area contributed by atoms with Gasteiger partial charge in [-0.2, -0.15) is 0 Å². The van der Waals surface area contributed by atoms with Crippen LogP contribution in [0.1, 0.15) is 28.7 Å². The number of halogens is 1. The number of hydrogen-bond donors (Lipinski definition) is 1. The molecule has 0 saturated carbocycles. The molecule has 1 N–H and O–H groups in total. The smallest absolute Gasteiger partial charge is 0.123 e. The highest BCUT2D eigenvalue weighted by Crippen LogP contribution is 2.16. The lowest BCUT2D eigenvalue weighted by Crippen LogP contribution is -2.28. The summed E-state index contributed by atoms with van der Waals surface area (Å²) in [7, 11) is 2.00. The molecule has 2 rings (SSSR count). The van der Waals surface area contributed by atoms with Crippen LogP contribution in [0.25, 0.3) is 0 Å². The van der Waals surface area contributed by atoms with Crippen molar-refractivity contribution >= 4 is 0 Å². The van der Waals surface area contributed by atoms with E-state index in [-0.39, 0.29) is 5.82 Å². The summed E-state index contributed by atoms with van der Waals surface area (Å²) in [5.41, 5.74) is 5.02. The highest BCUT2D eigenvalue weighted by Gasteiger charge is 2.10. The lowest BCUT2D eigenvalue weighted by atomic mass is 9.95. The van der Waals surface area contributed by atoms with E-state index in [9.17, 15) is 4.39 Å². The minimum Gasteiger partial charge on any atom is -0.317 e. The van der Waals surface area contributed by atoms with E-state index in [2.05, 4.69) is 36.5 Å². The Labute approximate surface area is 127 Å². The molecule has 2 heteroatoms. The molecule has 0 spiro atoms. The van der Waals surface area contributed by atoms with Crippen molar-refractivity contribution in [1.29, 1.82) is 0 Å². The van der Waals surface area contributed by atoms with Gasteiger partial charge in [0.1, 0.15) is 5.82 Å². The summed E-state index contributed by atoms with van der Waals surface area (Å²) in [6.45, 7) is 4.14. The van der Waals surface area contributed by atoms with Crippen molar-refractivity contribution in [2.24, 2.45) is 0 Å². The molecule has 0 aromatic heterocycles. The Hall–Kier alpha value is -1.67. The minimum absolute atomic E-state index is 0.155. The topological polar surface area (TPSA) is 12.0 Å². The number of nitrogens with one attached hydrogen (secondary N) is 1. The van der Waals surface area contributed by atoms with Crippen LogP contribution in [0.3, 0.4) is 0 Å². The number of benzene rings is 2. The summed E-state index contributed by atoms with van der Waals surface area (Å²) >= 11 is 0. The van der Waals surface area contributed by atoms with Crippen LogP contribution in [0.5, 0.6) is 0 Å². The van der Waals surface area contributed by atoms with E-state index in [0.717, 1.165) is 24.8 Å². The van der Waals surface area contributed by atoms with Crippen molar-refractivity contribution in [2.45, 2.75) is 39.2 Å². The van der Waals surface area contributed by atoms with E-state index in [0.29, 0.717) is 6.04 Å². The monoisotopic (exact) mass is 285 g/mol. The van der Waals surface area contributed by atoms with E-state index in [1.807, 2.05) is 20.0 Å². The first-order valence-electron chi connectivity index (χ1n) is 7.57. The zero-order chi connectivity index (χ0) is 15.2. The molecule has 1 unspecified atom stereocenters. The fraction of sp³-hybridized carbons (Fsp3) is 0.368. The predicted octanol–water partition coefficient (Wildman–Crippen LogP) is 4.21. The van der Waals surface area contributed by atoms with Gasteiger partial charge in [-0.25, -0.2) is 4.39 Å². The Bertz CT molecular complexity index is 592. The largest absolute Gasteiger partial charge is 0.317 e. The molecule has 0 aliphatic carbocycles. The molecule has 0 amide bonds. The second-order valence-electron chi connectivity index (χ2n) is 5.73. The van der Waals surface area contributed by atoms with E-state index in [1.165, 1.54) is 16.7 Å². The summed E-state index contributed by atoms with van der Waals surface area (Å²) in [4.78, 5) is 0. The second kappa shape index (κ2) is 7.37. The fourth-order valence-corrected chi connectivity index (χ4v) is 2.72. The first-order valence-corrected chi connectivity index (χ1v) is 7.57. The van der Waals surface area contributed by atoms with E-state index in [4.69, 9.17) is 0 Å². The van der Waals surface area contributed by atoms with Crippen molar-refractivity contribution in [1.82, 2.24) is 5.32 Å². The standard InChI is InChI=1S/C19H24FN/c1-14-6-4-5-7-16(14)9-11-19(21-3)13-17-8-10-18(20)12-15(17)2/h4-8,10,12,19,21H,9,11,13H2,1-3H3. The quantitative estimate of drug-likeness (QED) is 0.838. The highest BCUT2D eigenvalue weighted by molar-refractivity contribution is 5.28. The molecule has 0 aliphatic rings. The molecule has 0 radical (unpaired) electrons. The number of hydrogen-bond acceptors (Lipinski definition) is 1. The van der Waals surface area contributed by atoms with E-state index >= 15 is 0 Å². The van der Waals surface area contributed by atoms with Crippen LogP contribution in [0.2, 0.25) is 0 Å². The lowest BCUT2D eigenvalue weighted by molar-refractivity contribution is 0.518. The molecular weight excluding hydrogens is 261 g/mol. The fourth-order valence-electron chi connectivity index (χ4n) is 2.72. The minimum atomic E-state index is -0.155. The summed E-state index contributed by atoms with van der Waals surface area (Å²) in [5.74, 6) is -0.155. The van der Waals surface area contributed by atoms with Crippen LogP contribution in [0.15, 0.2) is 42.5 Å². The lowest BCUT2D eigenvalue weighted by Gasteiger charge is -2.18. The van der Waals surface area contributed by atoms with Crippen LogP contribution < -0.4 is 5.32 Å². The Morgan fingerprint density at radius 1 is 1.00 bits per heavy atom. The molecular formula is C19H24FN. The third kappa shape index (κ3) is 4.40. The molecule has 0 fully saturated rings. The predicted molar refractivity (Wildman–Crippen MR) is 87.2 cm³/mol. The second-order valence-corrected chi connectivity index (χ2v) is 5.73. The van der Waals surface area contributed by atoms with Crippen LogP contribution in [0, 0.1) is 19.7 Å². The molecule has 1 nitrogen and oxygen atoms in total. The molecule has 2 aromatic rings. The van der Waals surface area contributed by atoms with E-state index < -0.39 is 0 Å². The maximum absolute atomic E-state index is 13.2. The van der Waals surface area contributed by atoms with Crippen molar-refractivity contribution in [2.75, 3.05) is 7.05 Å². The van der Waals surface area contributed by atoms with Crippen LogP contribution >= 0.6 is 0 Å². The van der Waals surface area contributed by atoms with Crippen LogP contribution in [0.4, 0.5) is 4.39 Å². The van der Waals surface area contributed by atoms with Crippen LogP contribution in [-0.4, -0.2) is 13.1 Å². The summed E-state index contributed by atoms with van der Waals surface area (Å²) < 4.78 is 13.2. The van der Waals surface area contributed by atoms with Gasteiger partial charge in [0.15, 0.2) is 0 Å². The molecule has 0 heterocycles. The van der Waals surface area contributed by atoms with Crippen LogP contribution in [-0.2, 0) is 12.8 Å². The van der Waals surface area contributed by atoms with E-state index in [1.54, 1.807) is 12.1 Å². The highest BCUT2D eigenvalue weighted by atomic mass is 19.1. The van der Waals surface area contributed by atoms with Gasteiger partial charge >= 0.3 is 0 Å². The normalized spacial score (nSPS) is 12.4. The molecule has 0 aliphatic heterocycles. The van der Waals surface area contributed by atoms with Gasteiger partial charge in [-0.15, -0.1) is 0 Å². The third-order valence-electron chi connectivity index (χ3n) is 4.20. The maximum atomic E-state index is 13.2. The zero-order valence-corrected chi connectivity index (χ0v) is 13.1. The van der Waals surface area contributed by atoms with Gasteiger partial charge in [0.2, 0.25) is 0 Å². The molecule has 0 saturated heterocycles. The summed E-state index contributed by atoms with van der Waals surface area (Å²) in [6, 6.07) is 14.0. The number of aryl methyl sites for hydroxylation is 3. The summed E-state index contributed by atoms with van der Waals surface area (Å²) in [5, 5.41) is 3.39. The van der Waals surface area contributed by atoms with Crippen molar-refractivity contribution in [3.63, 3.8) is 0 Å². The van der Waals surface area contributed by atoms with Gasteiger partial charge in [-0.1, -0.05) is 30.3 Å². The van der Waals surface area contributed by atoms with Gasteiger partial charge in [0.25, 0.3) is 0 Å². The van der Waals surface area contributed by atoms with Gasteiger partial charge in [-0.05, 0) is 74.5 Å². The SMILES string of the molecule is CNC(CCc1ccccc1C)Cc1ccc(F)cc1C. The van der Waals surface area contributed by atoms with Crippen molar-refractivity contribution < 1.29 is 4.39 Å². The third-order valence-corrected chi connectivity index (χ3v) is 4.20.